The summed E-state index contributed by atoms with van der Waals surface area (Å²) in [5.74, 6) is -0.676. The number of rotatable bonds is 4. The highest BCUT2D eigenvalue weighted by Gasteiger charge is 2.55. The van der Waals surface area contributed by atoms with Gasteiger partial charge in [-0.2, -0.15) is 0 Å². The van der Waals surface area contributed by atoms with E-state index in [0.29, 0.717) is 6.61 Å². The molecule has 0 aromatic heterocycles. The van der Waals surface area contributed by atoms with Crippen molar-refractivity contribution in [2.24, 2.45) is 0 Å². The van der Waals surface area contributed by atoms with Gasteiger partial charge in [0.05, 0.1) is 13.2 Å². The lowest BCUT2D eigenvalue weighted by Gasteiger charge is -2.25. The minimum absolute atomic E-state index is 0.112. The van der Waals surface area contributed by atoms with Crippen molar-refractivity contribution >= 4 is 0 Å². The van der Waals surface area contributed by atoms with Crippen LogP contribution in [0.1, 0.15) is 19.4 Å². The standard InChI is InChI=1S/C15H20O5/c1-15(2)19-13-12(11(8-16)18-14(13)20-15)17-9-10-6-4-3-5-7-10/h3-7,11-14,16H,8-9H2,1-2H3/t11-,12+,13?,14+/m1/s1. The summed E-state index contributed by atoms with van der Waals surface area (Å²) >= 11 is 0. The van der Waals surface area contributed by atoms with Crippen molar-refractivity contribution in [2.45, 2.75) is 50.8 Å². The first-order valence-corrected chi connectivity index (χ1v) is 6.86. The van der Waals surface area contributed by atoms with E-state index < -0.39 is 18.2 Å². The topological polar surface area (TPSA) is 57.2 Å². The van der Waals surface area contributed by atoms with Crippen LogP contribution < -0.4 is 0 Å². The second-order valence-corrected chi connectivity index (χ2v) is 5.59. The molecule has 0 radical (unpaired) electrons. The highest BCUT2D eigenvalue weighted by molar-refractivity contribution is 5.13. The molecule has 0 amide bonds. The fourth-order valence-corrected chi connectivity index (χ4v) is 2.66. The minimum atomic E-state index is -0.676. The monoisotopic (exact) mass is 280 g/mol. The Bertz CT molecular complexity index is 447. The van der Waals surface area contributed by atoms with Crippen LogP contribution in [-0.4, -0.2) is 42.1 Å². The predicted octanol–water partition coefficient (Wildman–Crippen LogP) is 1.44. The van der Waals surface area contributed by atoms with Crippen molar-refractivity contribution in [3.8, 4) is 0 Å². The Labute approximate surface area is 118 Å². The number of aliphatic hydroxyl groups excluding tert-OH is 1. The molecule has 0 aliphatic carbocycles. The van der Waals surface area contributed by atoms with Crippen molar-refractivity contribution in [1.82, 2.24) is 0 Å². The Hall–Kier alpha value is -0.980. The van der Waals surface area contributed by atoms with Crippen molar-refractivity contribution in [1.29, 1.82) is 0 Å². The van der Waals surface area contributed by atoms with Crippen LogP contribution >= 0.6 is 0 Å². The third-order valence-corrected chi connectivity index (χ3v) is 3.55. The first kappa shape index (κ1) is 14.0. The fraction of sp³-hybridized carbons (Fsp3) is 0.600. The zero-order valence-electron chi connectivity index (χ0n) is 11.7. The molecule has 0 bridgehead atoms. The molecule has 2 aliphatic rings. The Morgan fingerprint density at radius 2 is 1.95 bits per heavy atom. The summed E-state index contributed by atoms with van der Waals surface area (Å²) in [6, 6.07) is 9.89. The van der Waals surface area contributed by atoms with Gasteiger partial charge in [0.2, 0.25) is 0 Å². The second kappa shape index (κ2) is 5.42. The van der Waals surface area contributed by atoms with Crippen molar-refractivity contribution < 1.29 is 24.1 Å². The normalized spacial score (nSPS) is 35.1. The van der Waals surface area contributed by atoms with Gasteiger partial charge < -0.3 is 24.1 Å². The minimum Gasteiger partial charge on any atom is -0.394 e. The molecule has 1 unspecified atom stereocenters. The van der Waals surface area contributed by atoms with E-state index in [2.05, 4.69) is 0 Å². The van der Waals surface area contributed by atoms with E-state index in [1.807, 2.05) is 44.2 Å². The molecular weight excluding hydrogens is 260 g/mol. The Balaban J connectivity index is 1.67. The van der Waals surface area contributed by atoms with Gasteiger partial charge in [0, 0.05) is 0 Å². The van der Waals surface area contributed by atoms with Crippen LogP contribution in [0, 0.1) is 0 Å². The molecule has 1 aromatic carbocycles. The quantitative estimate of drug-likeness (QED) is 0.904. The summed E-state index contributed by atoms with van der Waals surface area (Å²) in [5.41, 5.74) is 1.07. The smallest absolute Gasteiger partial charge is 0.190 e. The van der Waals surface area contributed by atoms with E-state index in [-0.39, 0.29) is 18.8 Å². The van der Waals surface area contributed by atoms with Gasteiger partial charge >= 0.3 is 0 Å². The van der Waals surface area contributed by atoms with Crippen LogP contribution in [0.15, 0.2) is 30.3 Å². The van der Waals surface area contributed by atoms with Gasteiger partial charge in [-0.15, -0.1) is 0 Å². The molecule has 2 fully saturated rings. The number of hydrogen-bond donors (Lipinski definition) is 1. The van der Waals surface area contributed by atoms with Gasteiger partial charge in [0.25, 0.3) is 0 Å². The Morgan fingerprint density at radius 3 is 2.65 bits per heavy atom. The van der Waals surface area contributed by atoms with E-state index >= 15 is 0 Å². The van der Waals surface area contributed by atoms with Crippen molar-refractivity contribution in [2.75, 3.05) is 6.61 Å². The average molecular weight is 280 g/mol. The molecule has 20 heavy (non-hydrogen) atoms. The molecule has 0 spiro atoms. The Kier molecular flexibility index (Phi) is 3.79. The number of benzene rings is 1. The predicted molar refractivity (Wildman–Crippen MR) is 70.8 cm³/mol. The molecule has 1 N–H and O–H groups in total. The van der Waals surface area contributed by atoms with Crippen molar-refractivity contribution in [3.05, 3.63) is 35.9 Å². The van der Waals surface area contributed by atoms with E-state index in [9.17, 15) is 5.11 Å². The van der Waals surface area contributed by atoms with E-state index in [1.54, 1.807) is 0 Å². The zero-order valence-corrected chi connectivity index (χ0v) is 11.7. The fourth-order valence-electron chi connectivity index (χ4n) is 2.66. The van der Waals surface area contributed by atoms with Crippen LogP contribution in [0.25, 0.3) is 0 Å². The summed E-state index contributed by atoms with van der Waals surface area (Å²) in [6.45, 7) is 4.03. The van der Waals surface area contributed by atoms with Gasteiger partial charge in [-0.1, -0.05) is 30.3 Å². The van der Waals surface area contributed by atoms with Crippen LogP contribution in [0.2, 0.25) is 0 Å². The summed E-state index contributed by atoms with van der Waals surface area (Å²) in [4.78, 5) is 0. The largest absolute Gasteiger partial charge is 0.394 e. The zero-order chi connectivity index (χ0) is 14.2. The molecule has 1 aromatic rings. The molecule has 5 nitrogen and oxygen atoms in total. The molecule has 3 rings (SSSR count). The summed E-state index contributed by atoms with van der Waals surface area (Å²) in [5, 5.41) is 9.40. The van der Waals surface area contributed by atoms with Gasteiger partial charge in [-0.3, -0.25) is 0 Å². The number of fused-ring (bicyclic) bond motifs is 1. The lowest BCUT2D eigenvalue weighted by atomic mass is 10.1. The maximum atomic E-state index is 9.40. The van der Waals surface area contributed by atoms with E-state index in [4.69, 9.17) is 18.9 Å². The first-order chi connectivity index (χ1) is 9.59. The lowest BCUT2D eigenvalue weighted by molar-refractivity contribution is -0.222. The van der Waals surface area contributed by atoms with Crippen LogP contribution in [-0.2, 0) is 25.6 Å². The summed E-state index contributed by atoms with van der Waals surface area (Å²) in [7, 11) is 0. The summed E-state index contributed by atoms with van der Waals surface area (Å²) < 4.78 is 23.0. The second-order valence-electron chi connectivity index (χ2n) is 5.59. The molecule has 2 saturated heterocycles. The van der Waals surface area contributed by atoms with Crippen molar-refractivity contribution in [3.63, 3.8) is 0 Å². The molecule has 5 heteroatoms. The molecule has 2 heterocycles. The van der Waals surface area contributed by atoms with E-state index in [1.165, 1.54) is 0 Å². The SMILES string of the molecule is CC1(C)OC2[C@@H](O[C@H](CO)[C@@H]2OCc2ccccc2)O1. The third kappa shape index (κ3) is 2.73. The van der Waals surface area contributed by atoms with E-state index in [0.717, 1.165) is 5.56 Å². The van der Waals surface area contributed by atoms with Gasteiger partial charge in [0.15, 0.2) is 12.1 Å². The van der Waals surface area contributed by atoms with Gasteiger partial charge in [-0.05, 0) is 19.4 Å². The van der Waals surface area contributed by atoms with Gasteiger partial charge in [-0.25, -0.2) is 0 Å². The lowest BCUT2D eigenvalue weighted by Crippen LogP contribution is -2.38. The summed E-state index contributed by atoms with van der Waals surface area (Å²) in [6.07, 6.45) is -1.51. The molecule has 0 saturated carbocycles. The highest BCUT2D eigenvalue weighted by Crippen LogP contribution is 2.38. The number of aliphatic hydroxyl groups is 1. The number of ether oxygens (including phenoxy) is 4. The third-order valence-electron chi connectivity index (χ3n) is 3.55. The first-order valence-electron chi connectivity index (χ1n) is 6.86. The van der Waals surface area contributed by atoms with Gasteiger partial charge in [0.1, 0.15) is 18.3 Å². The maximum Gasteiger partial charge on any atom is 0.190 e. The molecule has 110 valence electrons. The Morgan fingerprint density at radius 1 is 1.20 bits per heavy atom. The highest BCUT2D eigenvalue weighted by atomic mass is 16.8. The molecular formula is C15H20O5. The average Bonchev–Trinajstić information content (AvgIpc) is 2.89. The molecule has 4 atom stereocenters. The maximum absolute atomic E-state index is 9.40. The van der Waals surface area contributed by atoms with Crippen LogP contribution in [0.3, 0.4) is 0 Å². The number of hydrogen-bond acceptors (Lipinski definition) is 5. The van der Waals surface area contributed by atoms with Crippen LogP contribution in [0.5, 0.6) is 0 Å². The van der Waals surface area contributed by atoms with Crippen LogP contribution in [0.4, 0.5) is 0 Å². The molecule has 2 aliphatic heterocycles.